The van der Waals surface area contributed by atoms with Crippen molar-refractivity contribution >= 4 is 21.5 Å². The molecule has 1 aliphatic rings. The molecule has 194 valence electrons. The van der Waals surface area contributed by atoms with Gasteiger partial charge in [0, 0.05) is 28.9 Å². The van der Waals surface area contributed by atoms with E-state index in [0.29, 0.717) is 0 Å². The van der Waals surface area contributed by atoms with Crippen LogP contribution in [0.3, 0.4) is 0 Å². The second kappa shape index (κ2) is 8.97. The Bertz CT molecular complexity index is 2120. The number of benzene rings is 5. The van der Waals surface area contributed by atoms with Crippen molar-refractivity contribution < 1.29 is 0 Å². The average Bonchev–Trinajstić information content (AvgIpc) is 3.26. The van der Waals surface area contributed by atoms with Crippen LogP contribution < -0.4 is 0 Å². The van der Waals surface area contributed by atoms with Gasteiger partial charge in [0.2, 0.25) is 0 Å². The van der Waals surface area contributed by atoms with Gasteiger partial charge < -0.3 is 0 Å². The molecule has 7 aromatic rings. The van der Waals surface area contributed by atoms with Gasteiger partial charge in [-0.3, -0.25) is 4.98 Å². The summed E-state index contributed by atoms with van der Waals surface area (Å²) in [7, 11) is 0. The highest BCUT2D eigenvalue weighted by molar-refractivity contribution is 5.99. The zero-order valence-corrected chi connectivity index (χ0v) is 23.1. The van der Waals surface area contributed by atoms with Crippen molar-refractivity contribution in [1.29, 1.82) is 0 Å². The molecule has 0 N–H and O–H groups in total. The monoisotopic (exact) mass is 524 g/mol. The van der Waals surface area contributed by atoms with Crippen LogP contribution in [0.2, 0.25) is 0 Å². The first-order chi connectivity index (χ1) is 20.0. The predicted octanol–water partition coefficient (Wildman–Crippen LogP) is 10.1. The Labute approximate surface area is 240 Å². The van der Waals surface area contributed by atoms with Crippen LogP contribution in [-0.4, -0.2) is 9.97 Å². The predicted molar refractivity (Wildman–Crippen MR) is 171 cm³/mol. The fraction of sp³-hybridized carbons (Fsp3) is 0.0769. The van der Waals surface area contributed by atoms with E-state index in [1.54, 1.807) is 0 Å². The zero-order chi connectivity index (χ0) is 27.6. The summed E-state index contributed by atoms with van der Waals surface area (Å²) in [4.78, 5) is 9.52. The Morgan fingerprint density at radius 3 is 1.83 bits per heavy atom. The third-order valence-corrected chi connectivity index (χ3v) is 8.72. The first kappa shape index (κ1) is 23.8. The van der Waals surface area contributed by atoms with Crippen molar-refractivity contribution in [3.05, 3.63) is 145 Å². The maximum Gasteiger partial charge on any atom is 0.0715 e. The molecule has 0 spiro atoms. The van der Waals surface area contributed by atoms with E-state index in [4.69, 9.17) is 4.98 Å². The summed E-state index contributed by atoms with van der Waals surface area (Å²) < 4.78 is 0. The van der Waals surface area contributed by atoms with Gasteiger partial charge in [-0.1, -0.05) is 86.6 Å². The van der Waals surface area contributed by atoms with Gasteiger partial charge in [0.1, 0.15) is 0 Å². The van der Waals surface area contributed by atoms with Crippen LogP contribution in [0, 0.1) is 0 Å². The van der Waals surface area contributed by atoms with Crippen molar-refractivity contribution in [3.63, 3.8) is 0 Å². The minimum absolute atomic E-state index is 0.0167. The Morgan fingerprint density at radius 1 is 0.439 bits per heavy atom. The Balaban J connectivity index is 1.31. The Morgan fingerprint density at radius 2 is 1.05 bits per heavy atom. The summed E-state index contributed by atoms with van der Waals surface area (Å²) in [6, 6.07) is 44.0. The molecule has 0 fully saturated rings. The fourth-order valence-electron chi connectivity index (χ4n) is 6.52. The lowest BCUT2D eigenvalue weighted by Gasteiger charge is -2.21. The van der Waals surface area contributed by atoms with Crippen LogP contribution in [0.4, 0.5) is 0 Å². The fourth-order valence-corrected chi connectivity index (χ4v) is 6.52. The first-order valence-corrected chi connectivity index (χ1v) is 14.1. The number of hydrogen-bond acceptors (Lipinski definition) is 2. The van der Waals surface area contributed by atoms with E-state index in [1.165, 1.54) is 43.8 Å². The molecule has 2 aromatic heterocycles. The molecule has 0 aliphatic heterocycles. The summed E-state index contributed by atoms with van der Waals surface area (Å²) in [5, 5.41) is 4.96. The highest BCUT2D eigenvalue weighted by Gasteiger charge is 2.35. The largest absolute Gasteiger partial charge is 0.265 e. The van der Waals surface area contributed by atoms with Gasteiger partial charge in [0.15, 0.2) is 0 Å². The van der Waals surface area contributed by atoms with E-state index >= 15 is 0 Å². The highest BCUT2D eigenvalue weighted by Crippen LogP contribution is 2.49. The van der Waals surface area contributed by atoms with E-state index < -0.39 is 0 Å². The molecule has 0 atom stereocenters. The number of pyridine rings is 2. The summed E-state index contributed by atoms with van der Waals surface area (Å²) in [5.74, 6) is 0. The minimum Gasteiger partial charge on any atom is -0.265 e. The maximum atomic E-state index is 5.27. The van der Waals surface area contributed by atoms with Crippen LogP contribution in [-0.2, 0) is 5.41 Å². The minimum atomic E-state index is -0.0167. The van der Waals surface area contributed by atoms with Crippen molar-refractivity contribution in [2.75, 3.05) is 0 Å². The Hall–Kier alpha value is -5.08. The first-order valence-electron chi connectivity index (χ1n) is 14.1. The van der Waals surface area contributed by atoms with Crippen LogP contribution in [0.25, 0.3) is 66.3 Å². The number of aromatic nitrogens is 2. The molecule has 2 heteroatoms. The molecule has 0 saturated carbocycles. The van der Waals surface area contributed by atoms with Gasteiger partial charge in [-0.2, -0.15) is 0 Å². The van der Waals surface area contributed by atoms with Gasteiger partial charge in [-0.15, -0.1) is 0 Å². The van der Waals surface area contributed by atoms with Gasteiger partial charge in [0.25, 0.3) is 0 Å². The number of fused-ring (bicyclic) bond motifs is 5. The molecule has 1 aliphatic carbocycles. The Kier molecular flexibility index (Phi) is 5.20. The summed E-state index contributed by atoms with van der Waals surface area (Å²) in [6.45, 7) is 4.64. The number of hydrogen-bond donors (Lipinski definition) is 0. The average molecular weight is 525 g/mol. The van der Waals surface area contributed by atoms with Crippen LogP contribution >= 0.6 is 0 Å². The summed E-state index contributed by atoms with van der Waals surface area (Å²) in [5.41, 5.74) is 11.8. The third-order valence-electron chi connectivity index (χ3n) is 8.72. The molecule has 0 saturated heterocycles. The molecule has 5 aromatic carbocycles. The van der Waals surface area contributed by atoms with Crippen molar-refractivity contribution in [1.82, 2.24) is 9.97 Å². The second-order valence-electron chi connectivity index (χ2n) is 11.6. The van der Waals surface area contributed by atoms with Crippen molar-refractivity contribution in [3.8, 4) is 44.8 Å². The SMILES string of the molecule is CC1(C)c2ccccc2-c2cc(-c3cc(-c4ccncc4)cc(-c4ccc5cc6ccccc6cc5c4)n3)ccc21. The highest BCUT2D eigenvalue weighted by atomic mass is 14.7. The third kappa shape index (κ3) is 3.87. The van der Waals surface area contributed by atoms with Crippen LogP contribution in [0.15, 0.2) is 134 Å². The smallest absolute Gasteiger partial charge is 0.0715 e. The van der Waals surface area contributed by atoms with Crippen molar-refractivity contribution in [2.45, 2.75) is 19.3 Å². The zero-order valence-electron chi connectivity index (χ0n) is 23.1. The summed E-state index contributed by atoms with van der Waals surface area (Å²) in [6.07, 6.45) is 3.70. The molecule has 2 heterocycles. The maximum absolute atomic E-state index is 5.27. The quantitative estimate of drug-likeness (QED) is 0.215. The number of nitrogens with zero attached hydrogens (tertiary/aromatic N) is 2. The van der Waals surface area contributed by atoms with Gasteiger partial charge >= 0.3 is 0 Å². The topological polar surface area (TPSA) is 25.8 Å². The van der Waals surface area contributed by atoms with E-state index in [1.807, 2.05) is 12.4 Å². The van der Waals surface area contributed by atoms with E-state index in [9.17, 15) is 0 Å². The lowest BCUT2D eigenvalue weighted by Crippen LogP contribution is -2.14. The van der Waals surface area contributed by atoms with E-state index in [2.05, 4.69) is 140 Å². The summed E-state index contributed by atoms with van der Waals surface area (Å²) >= 11 is 0. The van der Waals surface area contributed by atoms with Crippen LogP contribution in [0.5, 0.6) is 0 Å². The standard InChI is InChI=1S/C39H28N2/c1-39(2)35-10-6-5-9-33(35)34-22-30(13-14-36(34)39)38-24-32(25-15-17-40-18-16-25)23-37(41-38)29-12-11-28-19-26-7-3-4-8-27(26)20-31(28)21-29/h3-24H,1-2H3. The molecule has 8 rings (SSSR count). The molecule has 0 radical (unpaired) electrons. The van der Waals surface area contributed by atoms with Crippen molar-refractivity contribution in [2.24, 2.45) is 0 Å². The molecule has 41 heavy (non-hydrogen) atoms. The second-order valence-corrected chi connectivity index (χ2v) is 11.6. The van der Waals surface area contributed by atoms with E-state index in [0.717, 1.165) is 33.6 Å². The lowest BCUT2D eigenvalue weighted by molar-refractivity contribution is 0.660. The van der Waals surface area contributed by atoms with Gasteiger partial charge in [-0.25, -0.2) is 4.98 Å². The molecule has 0 bridgehead atoms. The van der Waals surface area contributed by atoms with Crippen LogP contribution in [0.1, 0.15) is 25.0 Å². The molecular weight excluding hydrogens is 496 g/mol. The van der Waals surface area contributed by atoms with Gasteiger partial charge in [-0.05, 0) is 103 Å². The number of rotatable bonds is 3. The normalized spacial score (nSPS) is 13.3. The van der Waals surface area contributed by atoms with Gasteiger partial charge in [0.05, 0.1) is 11.4 Å². The molecule has 0 unspecified atom stereocenters. The van der Waals surface area contributed by atoms with E-state index in [-0.39, 0.29) is 5.41 Å². The molecular formula is C39H28N2. The molecule has 2 nitrogen and oxygen atoms in total. The molecule has 0 amide bonds. The lowest BCUT2D eigenvalue weighted by atomic mass is 9.82.